The van der Waals surface area contributed by atoms with E-state index in [2.05, 4.69) is 55.8 Å². The summed E-state index contributed by atoms with van der Waals surface area (Å²) in [6.07, 6.45) is 5.27. The Kier molecular flexibility index (Phi) is 6.91. The predicted octanol–water partition coefficient (Wildman–Crippen LogP) is 4.00. The van der Waals surface area contributed by atoms with E-state index < -0.39 is 0 Å². The summed E-state index contributed by atoms with van der Waals surface area (Å²) in [5, 5.41) is 10.5. The largest absolute Gasteiger partial charge is 0.388 e. The highest BCUT2D eigenvalue weighted by Crippen LogP contribution is 2.31. The lowest BCUT2D eigenvalue weighted by Crippen LogP contribution is -2.35. The van der Waals surface area contributed by atoms with Crippen LogP contribution >= 0.6 is 0 Å². The van der Waals surface area contributed by atoms with Crippen LogP contribution in [0, 0.1) is 0 Å². The van der Waals surface area contributed by atoms with E-state index in [0.717, 1.165) is 38.0 Å². The zero-order valence-electron chi connectivity index (χ0n) is 15.4. The molecule has 1 heterocycles. The smallest absolute Gasteiger partial charge is 0.0802 e. The molecule has 0 bridgehead atoms. The molecule has 1 atom stereocenters. The van der Waals surface area contributed by atoms with Crippen molar-refractivity contribution < 1.29 is 5.11 Å². The van der Waals surface area contributed by atoms with Crippen molar-refractivity contribution in [2.45, 2.75) is 65.0 Å². The summed E-state index contributed by atoms with van der Waals surface area (Å²) in [5.74, 6) is 0. The molecule has 1 aliphatic heterocycles. The number of hydrogen-bond acceptors (Lipinski definition) is 3. The second-order valence-electron chi connectivity index (χ2n) is 7.24. The van der Waals surface area contributed by atoms with Gasteiger partial charge in [0.2, 0.25) is 0 Å². The van der Waals surface area contributed by atoms with E-state index in [0.29, 0.717) is 6.04 Å². The molecule has 0 fully saturated rings. The van der Waals surface area contributed by atoms with Gasteiger partial charge in [0, 0.05) is 24.8 Å². The molecule has 3 heteroatoms. The van der Waals surface area contributed by atoms with Crippen molar-refractivity contribution in [1.29, 1.82) is 0 Å². The zero-order valence-corrected chi connectivity index (χ0v) is 15.4. The third-order valence-electron chi connectivity index (χ3n) is 4.94. The Balaban J connectivity index is 1.98. The van der Waals surface area contributed by atoms with Gasteiger partial charge in [-0.05, 0) is 70.3 Å². The van der Waals surface area contributed by atoms with E-state index in [4.69, 9.17) is 0 Å². The van der Waals surface area contributed by atoms with Crippen LogP contribution in [0.2, 0.25) is 0 Å². The molecule has 1 aromatic carbocycles. The van der Waals surface area contributed by atoms with E-state index in [-0.39, 0.29) is 6.10 Å². The summed E-state index contributed by atoms with van der Waals surface area (Å²) in [5.41, 5.74) is 3.85. The third-order valence-corrected chi connectivity index (χ3v) is 4.94. The van der Waals surface area contributed by atoms with Crippen molar-refractivity contribution in [2.75, 3.05) is 31.6 Å². The predicted molar refractivity (Wildman–Crippen MR) is 99.2 cm³/mol. The number of aryl methyl sites for hydroxylation is 1. The second-order valence-corrected chi connectivity index (χ2v) is 7.24. The van der Waals surface area contributed by atoms with Gasteiger partial charge in [-0.15, -0.1) is 0 Å². The Bertz CT molecular complexity index is 487. The van der Waals surface area contributed by atoms with Gasteiger partial charge in [-0.1, -0.05) is 25.5 Å². The fourth-order valence-corrected chi connectivity index (χ4v) is 3.44. The van der Waals surface area contributed by atoms with Crippen molar-refractivity contribution in [1.82, 2.24) is 4.90 Å². The van der Waals surface area contributed by atoms with Crippen LogP contribution in [-0.2, 0) is 6.42 Å². The average molecular weight is 319 g/mol. The lowest BCUT2D eigenvalue weighted by atomic mass is 9.95. The summed E-state index contributed by atoms with van der Waals surface area (Å²) in [7, 11) is 2.15. The normalized spacial score (nSPS) is 16.0. The summed E-state index contributed by atoms with van der Waals surface area (Å²) in [4.78, 5) is 4.80. The number of anilines is 1. The maximum Gasteiger partial charge on any atom is 0.0802 e. The highest BCUT2D eigenvalue weighted by Gasteiger charge is 2.20. The molecule has 0 aromatic heterocycles. The van der Waals surface area contributed by atoms with Gasteiger partial charge in [-0.3, -0.25) is 0 Å². The molecule has 0 aliphatic carbocycles. The average Bonchev–Trinajstić information content (AvgIpc) is 2.56. The molecule has 1 N–H and O–H groups in total. The van der Waals surface area contributed by atoms with Crippen molar-refractivity contribution in [3.63, 3.8) is 0 Å². The van der Waals surface area contributed by atoms with Crippen LogP contribution in [0.25, 0.3) is 0 Å². The number of unbranched alkanes of at least 4 members (excludes halogenated alkanes) is 1. The molecule has 0 spiro atoms. The van der Waals surface area contributed by atoms with Crippen LogP contribution in [0.15, 0.2) is 18.2 Å². The van der Waals surface area contributed by atoms with E-state index >= 15 is 0 Å². The molecule has 0 amide bonds. The van der Waals surface area contributed by atoms with E-state index in [1.54, 1.807) is 0 Å². The number of benzene rings is 1. The van der Waals surface area contributed by atoms with Crippen LogP contribution < -0.4 is 4.90 Å². The Morgan fingerprint density at radius 1 is 1.26 bits per heavy atom. The standard InChI is InChI=1S/C20H34N2O/c1-5-6-12-21(4)14-11-20(23)18-9-10-19-17(15-18)8-7-13-22(19)16(2)3/h9-10,15-16,20,23H,5-8,11-14H2,1-4H3. The number of fused-ring (bicyclic) bond motifs is 1. The van der Waals surface area contributed by atoms with Crippen molar-refractivity contribution in [2.24, 2.45) is 0 Å². The topological polar surface area (TPSA) is 26.7 Å². The lowest BCUT2D eigenvalue weighted by molar-refractivity contribution is 0.148. The van der Waals surface area contributed by atoms with E-state index in [9.17, 15) is 5.11 Å². The van der Waals surface area contributed by atoms with Crippen LogP contribution in [0.5, 0.6) is 0 Å². The van der Waals surface area contributed by atoms with Gasteiger partial charge in [0.05, 0.1) is 6.10 Å². The van der Waals surface area contributed by atoms with Crippen molar-refractivity contribution in [3.8, 4) is 0 Å². The Hall–Kier alpha value is -1.06. The van der Waals surface area contributed by atoms with Crippen molar-refractivity contribution >= 4 is 5.69 Å². The first-order valence-electron chi connectivity index (χ1n) is 9.29. The number of rotatable bonds is 8. The molecule has 1 aliphatic rings. The molecule has 23 heavy (non-hydrogen) atoms. The monoisotopic (exact) mass is 318 g/mol. The number of nitrogens with zero attached hydrogens (tertiary/aromatic N) is 2. The van der Waals surface area contributed by atoms with Gasteiger partial charge in [-0.25, -0.2) is 0 Å². The first-order valence-corrected chi connectivity index (χ1v) is 9.29. The fraction of sp³-hybridized carbons (Fsp3) is 0.700. The molecular weight excluding hydrogens is 284 g/mol. The van der Waals surface area contributed by atoms with Crippen molar-refractivity contribution in [3.05, 3.63) is 29.3 Å². The molecule has 1 aromatic rings. The van der Waals surface area contributed by atoms with Gasteiger partial charge < -0.3 is 14.9 Å². The molecule has 0 saturated heterocycles. The Labute approximate surface area is 142 Å². The van der Waals surface area contributed by atoms with Crippen LogP contribution in [0.1, 0.15) is 63.7 Å². The van der Waals surface area contributed by atoms with Gasteiger partial charge in [0.1, 0.15) is 0 Å². The third kappa shape index (κ3) is 4.95. The van der Waals surface area contributed by atoms with E-state index in [1.807, 2.05) is 0 Å². The number of aliphatic hydroxyl groups is 1. The molecule has 0 saturated carbocycles. The van der Waals surface area contributed by atoms with Crippen LogP contribution in [0.3, 0.4) is 0 Å². The minimum atomic E-state index is -0.348. The summed E-state index contributed by atoms with van der Waals surface area (Å²) >= 11 is 0. The van der Waals surface area contributed by atoms with Crippen LogP contribution in [0.4, 0.5) is 5.69 Å². The summed E-state index contributed by atoms with van der Waals surface area (Å²) in [6, 6.07) is 7.11. The molecule has 2 rings (SSSR count). The molecular formula is C20H34N2O. The Morgan fingerprint density at radius 3 is 2.74 bits per heavy atom. The quantitative estimate of drug-likeness (QED) is 0.785. The van der Waals surface area contributed by atoms with Crippen LogP contribution in [-0.4, -0.2) is 42.7 Å². The molecule has 1 unspecified atom stereocenters. The summed E-state index contributed by atoms with van der Waals surface area (Å²) < 4.78 is 0. The maximum absolute atomic E-state index is 10.5. The second kappa shape index (κ2) is 8.70. The lowest BCUT2D eigenvalue weighted by Gasteiger charge is -2.35. The minimum absolute atomic E-state index is 0.348. The van der Waals surface area contributed by atoms with Gasteiger partial charge >= 0.3 is 0 Å². The first kappa shape index (κ1) is 18.3. The zero-order chi connectivity index (χ0) is 16.8. The highest BCUT2D eigenvalue weighted by atomic mass is 16.3. The first-order chi connectivity index (χ1) is 11.0. The number of aliphatic hydroxyl groups excluding tert-OH is 1. The highest BCUT2D eigenvalue weighted by molar-refractivity contribution is 5.57. The maximum atomic E-state index is 10.5. The summed E-state index contributed by atoms with van der Waals surface area (Å²) in [6.45, 7) is 9.95. The SMILES string of the molecule is CCCCN(C)CCC(O)c1ccc2c(c1)CCCN2C(C)C. The molecule has 0 radical (unpaired) electrons. The Morgan fingerprint density at radius 2 is 2.04 bits per heavy atom. The van der Waals surface area contributed by atoms with Gasteiger partial charge in [0.15, 0.2) is 0 Å². The molecule has 130 valence electrons. The van der Waals surface area contributed by atoms with E-state index in [1.165, 1.54) is 30.5 Å². The van der Waals surface area contributed by atoms with Gasteiger partial charge in [-0.2, -0.15) is 0 Å². The molecule has 3 nitrogen and oxygen atoms in total. The van der Waals surface area contributed by atoms with Gasteiger partial charge in [0.25, 0.3) is 0 Å². The fourth-order valence-electron chi connectivity index (χ4n) is 3.44. The minimum Gasteiger partial charge on any atom is -0.388 e. The number of hydrogen-bond donors (Lipinski definition) is 1.